The Hall–Kier alpha value is -6.79. The first kappa shape index (κ1) is 55.4. The quantitative estimate of drug-likeness (QED) is 0.139. The summed E-state index contributed by atoms with van der Waals surface area (Å²) in [5, 5.41) is 6.73. The standard InChI is InChI=1S/C57H66Cl2N8O9/c1-36-30-61-52(68)29-46(26-39-11-16-44(58)17-12-39)64(4)57(73)48(35-74-5)62-54(70)37(2)67(53(69)27-43(55(71)63(36)3)25-38-9-7-6-8-10-38)32-41-13-18-45(59)28-50(41)76-47-19-14-40(15-20-47)49-31-60-51-33-65(22-23-66(49)51)56(72)42-21-24-75-34-42/h6-20,28,31,36-37,42-43,46,48H,21-27,29-30,32-35H2,1-5H3,(H,61,68)(H,62,70)/t36-,37-,42-,43+,46-,48-/m0/s1. The van der Waals surface area contributed by atoms with E-state index in [-0.39, 0.29) is 69.0 Å². The molecule has 0 unspecified atom stereocenters. The topological polar surface area (TPSA) is 185 Å². The van der Waals surface area contributed by atoms with Crippen molar-refractivity contribution in [2.75, 3.05) is 54.1 Å². The molecule has 4 aromatic carbocycles. The second-order valence-electron chi connectivity index (χ2n) is 20.0. The van der Waals surface area contributed by atoms with Gasteiger partial charge in [-0.3, -0.25) is 28.8 Å². The number of benzene rings is 4. The molecule has 6 atom stereocenters. The molecule has 0 spiro atoms. The number of methoxy groups -OCH3 is 1. The summed E-state index contributed by atoms with van der Waals surface area (Å²) < 4.78 is 19.6. The summed E-state index contributed by atoms with van der Waals surface area (Å²) in [6.07, 6.45) is 2.69. The highest BCUT2D eigenvalue weighted by Gasteiger charge is 2.37. The van der Waals surface area contributed by atoms with Crippen molar-refractivity contribution >= 4 is 58.6 Å². The Kier molecular flexibility index (Phi) is 18.5. The number of fused-ring (bicyclic) bond motifs is 1. The summed E-state index contributed by atoms with van der Waals surface area (Å²) in [7, 11) is 4.64. The molecule has 3 aliphatic heterocycles. The van der Waals surface area contributed by atoms with E-state index in [0.717, 1.165) is 34.6 Å². The Bertz CT molecular complexity index is 2860. The fraction of sp³-hybridized carbons (Fsp3) is 0.421. The van der Waals surface area contributed by atoms with E-state index < -0.39 is 47.8 Å². The first-order chi connectivity index (χ1) is 36.6. The zero-order valence-electron chi connectivity index (χ0n) is 43.6. The molecule has 3 aliphatic rings. The van der Waals surface area contributed by atoms with Crippen molar-refractivity contribution in [3.05, 3.63) is 136 Å². The van der Waals surface area contributed by atoms with Gasteiger partial charge in [0.25, 0.3) is 0 Å². The first-order valence-corrected chi connectivity index (χ1v) is 26.5. The average molecular weight is 1080 g/mol. The predicted molar refractivity (Wildman–Crippen MR) is 287 cm³/mol. The third-order valence-corrected chi connectivity index (χ3v) is 15.2. The molecule has 4 heterocycles. The van der Waals surface area contributed by atoms with E-state index in [4.69, 9.17) is 37.4 Å². The number of carbonyl (C=O) groups excluding carboxylic acids is 6. The third-order valence-electron chi connectivity index (χ3n) is 14.7. The molecule has 0 aliphatic carbocycles. The van der Waals surface area contributed by atoms with Crippen molar-refractivity contribution in [1.82, 2.24) is 39.8 Å². The number of rotatable bonds is 12. The van der Waals surface area contributed by atoms with E-state index >= 15 is 4.79 Å². The van der Waals surface area contributed by atoms with Crippen molar-refractivity contribution in [3.63, 3.8) is 0 Å². The van der Waals surface area contributed by atoms with Crippen LogP contribution >= 0.6 is 23.2 Å². The van der Waals surface area contributed by atoms with Gasteiger partial charge in [0.05, 0.1) is 50.0 Å². The minimum atomic E-state index is -1.21. The highest BCUT2D eigenvalue weighted by Crippen LogP contribution is 2.33. The Morgan fingerprint density at radius 2 is 1.55 bits per heavy atom. The number of amides is 6. The number of likely N-dealkylation sites (N-methyl/N-ethyl adjacent to an activating group) is 2. The zero-order valence-corrected chi connectivity index (χ0v) is 45.1. The molecule has 0 saturated carbocycles. The minimum Gasteiger partial charge on any atom is -0.457 e. The van der Waals surface area contributed by atoms with E-state index in [9.17, 15) is 24.0 Å². The molecule has 2 fully saturated rings. The lowest BCUT2D eigenvalue weighted by atomic mass is 9.93. The number of nitrogens with zero attached hydrogens (tertiary/aromatic N) is 6. The molecule has 0 radical (unpaired) electrons. The average Bonchev–Trinajstić information content (AvgIpc) is 4.13. The van der Waals surface area contributed by atoms with Crippen molar-refractivity contribution in [3.8, 4) is 22.8 Å². The number of carbonyl (C=O) groups is 6. The third kappa shape index (κ3) is 13.6. The van der Waals surface area contributed by atoms with Gasteiger partial charge in [-0.1, -0.05) is 71.7 Å². The lowest BCUT2D eigenvalue weighted by Crippen LogP contribution is -2.57. The van der Waals surface area contributed by atoms with Crippen LogP contribution in [0.25, 0.3) is 11.3 Å². The van der Waals surface area contributed by atoms with Gasteiger partial charge in [0.1, 0.15) is 29.4 Å². The summed E-state index contributed by atoms with van der Waals surface area (Å²) in [6, 6.07) is 25.5. The number of imidazole rings is 1. The molecule has 5 aromatic rings. The monoisotopic (exact) mass is 1080 g/mol. The molecular formula is C57H66Cl2N8O9. The zero-order chi connectivity index (χ0) is 54.0. The number of aromatic nitrogens is 2. The number of ether oxygens (including phenoxy) is 3. The van der Waals surface area contributed by atoms with Crippen LogP contribution in [0.3, 0.4) is 0 Å². The van der Waals surface area contributed by atoms with Gasteiger partial charge in [-0.2, -0.15) is 0 Å². The maximum absolute atomic E-state index is 15.1. The smallest absolute Gasteiger partial charge is 0.247 e. The fourth-order valence-corrected chi connectivity index (χ4v) is 10.3. The SMILES string of the molecule is COC[C@@H]1NC(=O)[C@H](C)N(Cc2ccc(Cl)cc2Oc2ccc(-c3cnc4n3CCN(C(=O)[C@H]3CCOC3)C4)cc2)C(=O)C[C@@H](Cc2ccccc2)C(=O)N(C)[C@@H](C)CNC(=O)C[C@H](Cc2ccc(Cl)cc2)N(C)C1=O. The summed E-state index contributed by atoms with van der Waals surface area (Å²) in [4.78, 5) is 96.7. The Morgan fingerprint density at radius 3 is 2.26 bits per heavy atom. The maximum Gasteiger partial charge on any atom is 0.247 e. The van der Waals surface area contributed by atoms with Crippen molar-refractivity contribution in [2.45, 2.75) is 89.8 Å². The van der Waals surface area contributed by atoms with Crippen LogP contribution in [0.2, 0.25) is 10.0 Å². The van der Waals surface area contributed by atoms with Crippen molar-refractivity contribution in [2.24, 2.45) is 11.8 Å². The molecule has 1 aromatic heterocycles. The summed E-state index contributed by atoms with van der Waals surface area (Å²) in [5.74, 6) is -1.59. The molecule has 76 heavy (non-hydrogen) atoms. The van der Waals surface area contributed by atoms with Gasteiger partial charge in [-0.05, 0) is 92.8 Å². The lowest BCUT2D eigenvalue weighted by molar-refractivity contribution is -0.147. The van der Waals surface area contributed by atoms with Crippen LogP contribution in [-0.2, 0) is 70.7 Å². The second-order valence-corrected chi connectivity index (χ2v) is 20.8. The van der Waals surface area contributed by atoms with Crippen LogP contribution in [0.4, 0.5) is 0 Å². The van der Waals surface area contributed by atoms with Gasteiger partial charge in [-0.25, -0.2) is 4.98 Å². The Labute approximate surface area is 453 Å². The molecular weight excluding hydrogens is 1010 g/mol. The van der Waals surface area contributed by atoms with Crippen molar-refractivity contribution in [1.29, 1.82) is 0 Å². The Balaban J connectivity index is 1.08. The second kappa shape index (κ2) is 25.4. The highest BCUT2D eigenvalue weighted by molar-refractivity contribution is 6.31. The molecule has 17 nitrogen and oxygen atoms in total. The summed E-state index contributed by atoms with van der Waals surface area (Å²) in [6.45, 7) is 5.79. The highest BCUT2D eigenvalue weighted by atomic mass is 35.5. The van der Waals surface area contributed by atoms with Crippen LogP contribution in [0, 0.1) is 11.8 Å². The van der Waals surface area contributed by atoms with Gasteiger partial charge in [-0.15, -0.1) is 0 Å². The van der Waals surface area contributed by atoms with Crippen LogP contribution in [0.1, 0.15) is 55.6 Å². The first-order valence-electron chi connectivity index (χ1n) is 25.7. The summed E-state index contributed by atoms with van der Waals surface area (Å²) in [5.41, 5.74) is 3.98. The van der Waals surface area contributed by atoms with Crippen LogP contribution in [0.15, 0.2) is 103 Å². The van der Waals surface area contributed by atoms with E-state index in [0.29, 0.717) is 60.0 Å². The fourth-order valence-electron chi connectivity index (χ4n) is 9.97. The predicted octanol–water partition coefficient (Wildman–Crippen LogP) is 6.56. The van der Waals surface area contributed by atoms with Gasteiger partial charge in [0.15, 0.2) is 0 Å². The Morgan fingerprint density at radius 1 is 0.829 bits per heavy atom. The van der Waals surface area contributed by atoms with E-state index in [2.05, 4.69) is 20.2 Å². The van der Waals surface area contributed by atoms with Gasteiger partial charge >= 0.3 is 0 Å². The molecule has 2 N–H and O–H groups in total. The van der Waals surface area contributed by atoms with E-state index in [1.54, 1.807) is 56.3 Å². The molecule has 8 rings (SSSR count). The molecule has 402 valence electrons. The largest absolute Gasteiger partial charge is 0.457 e. The van der Waals surface area contributed by atoms with E-state index in [1.807, 2.05) is 84.8 Å². The molecule has 2 saturated heterocycles. The van der Waals surface area contributed by atoms with Gasteiger partial charge in [0, 0.05) is 93.5 Å². The lowest BCUT2D eigenvalue weighted by Gasteiger charge is -2.35. The number of hydrogen-bond acceptors (Lipinski definition) is 10. The van der Waals surface area contributed by atoms with Gasteiger partial charge < -0.3 is 49.0 Å². The normalized spacial score (nSPS) is 22.4. The number of hydrogen-bond donors (Lipinski definition) is 2. The van der Waals surface area contributed by atoms with Crippen LogP contribution in [-0.4, -0.2) is 143 Å². The summed E-state index contributed by atoms with van der Waals surface area (Å²) >= 11 is 12.8. The van der Waals surface area contributed by atoms with E-state index in [1.165, 1.54) is 16.9 Å². The van der Waals surface area contributed by atoms with Gasteiger partial charge in [0.2, 0.25) is 35.4 Å². The van der Waals surface area contributed by atoms with Crippen molar-refractivity contribution < 1.29 is 43.0 Å². The maximum atomic E-state index is 15.1. The number of halogens is 2. The van der Waals surface area contributed by atoms with Crippen LogP contribution in [0.5, 0.6) is 11.5 Å². The molecule has 19 heteroatoms. The van der Waals surface area contributed by atoms with Crippen LogP contribution < -0.4 is 15.4 Å². The molecule has 0 bridgehead atoms. The minimum absolute atomic E-state index is 0.0827. The molecule has 6 amide bonds. The number of nitrogens with one attached hydrogen (secondary N) is 2.